The van der Waals surface area contributed by atoms with E-state index in [1.807, 2.05) is 44.2 Å². The Kier molecular flexibility index (Phi) is 5.68. The topological polar surface area (TPSA) is 56.8 Å². The molecular weight excluding hydrogens is 306 g/mol. The summed E-state index contributed by atoms with van der Waals surface area (Å²) in [5, 5.41) is 2.87. The van der Waals surface area contributed by atoms with Crippen molar-refractivity contribution in [2.24, 2.45) is 0 Å². The van der Waals surface area contributed by atoms with Crippen LogP contribution in [0.5, 0.6) is 17.2 Å². The fraction of sp³-hybridized carbons (Fsp3) is 0.316. The molecular formula is C19H23NO4. The van der Waals surface area contributed by atoms with E-state index in [0.29, 0.717) is 22.9 Å². The summed E-state index contributed by atoms with van der Waals surface area (Å²) in [6, 6.07) is 11.2. The van der Waals surface area contributed by atoms with Gasteiger partial charge in [-0.1, -0.05) is 12.1 Å². The zero-order chi connectivity index (χ0) is 17.7. The monoisotopic (exact) mass is 329 g/mol. The molecule has 5 nitrogen and oxygen atoms in total. The average molecular weight is 329 g/mol. The van der Waals surface area contributed by atoms with Gasteiger partial charge < -0.3 is 19.5 Å². The van der Waals surface area contributed by atoms with Gasteiger partial charge in [-0.25, -0.2) is 0 Å². The second-order valence-corrected chi connectivity index (χ2v) is 5.59. The summed E-state index contributed by atoms with van der Waals surface area (Å²) in [5.74, 6) is 1.62. The van der Waals surface area contributed by atoms with Crippen LogP contribution in [0.4, 0.5) is 5.69 Å². The number of benzene rings is 2. The molecule has 1 N–H and O–H groups in total. The molecule has 0 heterocycles. The van der Waals surface area contributed by atoms with Gasteiger partial charge in [-0.05, 0) is 50.1 Å². The van der Waals surface area contributed by atoms with Crippen LogP contribution in [-0.4, -0.2) is 26.2 Å². The number of ether oxygens (including phenoxy) is 3. The third-order valence-corrected chi connectivity index (χ3v) is 3.66. The highest BCUT2D eigenvalue weighted by Crippen LogP contribution is 2.33. The Morgan fingerprint density at radius 1 is 1.04 bits per heavy atom. The SMILES string of the molecule is COc1cc(C)c(NC(=O)C(C)Oc2cccc(C)c2)cc1OC. The summed E-state index contributed by atoms with van der Waals surface area (Å²) in [6.07, 6.45) is -0.626. The molecule has 5 heteroatoms. The second-order valence-electron chi connectivity index (χ2n) is 5.59. The molecule has 0 bridgehead atoms. The van der Waals surface area contributed by atoms with Gasteiger partial charge in [0.25, 0.3) is 5.91 Å². The highest BCUT2D eigenvalue weighted by atomic mass is 16.5. The predicted octanol–water partition coefficient (Wildman–Crippen LogP) is 3.73. The molecule has 0 aromatic heterocycles. The number of nitrogens with one attached hydrogen (secondary N) is 1. The maximum Gasteiger partial charge on any atom is 0.265 e. The Balaban J connectivity index is 2.11. The Morgan fingerprint density at radius 2 is 1.71 bits per heavy atom. The number of methoxy groups -OCH3 is 2. The van der Waals surface area contributed by atoms with Gasteiger partial charge in [-0.2, -0.15) is 0 Å². The van der Waals surface area contributed by atoms with Crippen LogP contribution in [0.25, 0.3) is 0 Å². The third kappa shape index (κ3) is 4.19. The van der Waals surface area contributed by atoms with Crippen LogP contribution in [0.2, 0.25) is 0 Å². The van der Waals surface area contributed by atoms with E-state index < -0.39 is 6.10 Å². The highest BCUT2D eigenvalue weighted by Gasteiger charge is 2.17. The second kappa shape index (κ2) is 7.73. The zero-order valence-electron chi connectivity index (χ0n) is 14.7. The number of carbonyl (C=O) groups is 1. The Labute approximate surface area is 142 Å². The lowest BCUT2D eigenvalue weighted by atomic mass is 10.1. The van der Waals surface area contributed by atoms with Gasteiger partial charge in [0.05, 0.1) is 14.2 Å². The van der Waals surface area contributed by atoms with E-state index in [0.717, 1.165) is 11.1 Å². The minimum atomic E-state index is -0.626. The number of carbonyl (C=O) groups excluding carboxylic acids is 1. The van der Waals surface area contributed by atoms with Gasteiger partial charge in [0, 0.05) is 11.8 Å². The smallest absolute Gasteiger partial charge is 0.265 e. The number of hydrogen-bond acceptors (Lipinski definition) is 4. The third-order valence-electron chi connectivity index (χ3n) is 3.66. The number of hydrogen-bond donors (Lipinski definition) is 1. The van der Waals surface area contributed by atoms with Gasteiger partial charge >= 0.3 is 0 Å². The van der Waals surface area contributed by atoms with Crippen molar-refractivity contribution in [3.8, 4) is 17.2 Å². The molecule has 2 rings (SSSR count). The first kappa shape index (κ1) is 17.7. The van der Waals surface area contributed by atoms with Crippen LogP contribution in [0.3, 0.4) is 0 Å². The molecule has 0 spiro atoms. The van der Waals surface area contributed by atoms with E-state index in [-0.39, 0.29) is 5.91 Å². The summed E-state index contributed by atoms with van der Waals surface area (Å²) < 4.78 is 16.2. The molecule has 2 aromatic rings. The summed E-state index contributed by atoms with van der Waals surface area (Å²) >= 11 is 0. The molecule has 128 valence electrons. The lowest BCUT2D eigenvalue weighted by Crippen LogP contribution is -2.30. The fourth-order valence-corrected chi connectivity index (χ4v) is 2.30. The van der Waals surface area contributed by atoms with Crippen molar-refractivity contribution in [2.75, 3.05) is 19.5 Å². The maximum atomic E-state index is 12.4. The minimum Gasteiger partial charge on any atom is -0.493 e. The number of anilines is 1. The largest absolute Gasteiger partial charge is 0.493 e. The van der Waals surface area contributed by atoms with Crippen LogP contribution in [0.1, 0.15) is 18.1 Å². The first-order valence-electron chi connectivity index (χ1n) is 7.71. The molecule has 0 saturated heterocycles. The van der Waals surface area contributed by atoms with Crippen LogP contribution < -0.4 is 19.5 Å². The number of aryl methyl sites for hydroxylation is 2. The van der Waals surface area contributed by atoms with Crippen molar-refractivity contribution in [1.29, 1.82) is 0 Å². The summed E-state index contributed by atoms with van der Waals surface area (Å²) in [6.45, 7) is 5.59. The summed E-state index contributed by atoms with van der Waals surface area (Å²) in [7, 11) is 3.13. The molecule has 1 unspecified atom stereocenters. The fourth-order valence-electron chi connectivity index (χ4n) is 2.30. The van der Waals surface area contributed by atoms with Crippen LogP contribution in [0.15, 0.2) is 36.4 Å². The van der Waals surface area contributed by atoms with Crippen molar-refractivity contribution in [1.82, 2.24) is 0 Å². The van der Waals surface area contributed by atoms with E-state index in [1.54, 1.807) is 27.2 Å². The molecule has 0 aliphatic heterocycles. The maximum absolute atomic E-state index is 12.4. The zero-order valence-corrected chi connectivity index (χ0v) is 14.7. The minimum absolute atomic E-state index is 0.230. The Morgan fingerprint density at radius 3 is 2.33 bits per heavy atom. The van der Waals surface area contributed by atoms with E-state index >= 15 is 0 Å². The lowest BCUT2D eigenvalue weighted by Gasteiger charge is -2.17. The van der Waals surface area contributed by atoms with Crippen LogP contribution in [-0.2, 0) is 4.79 Å². The Bertz CT molecular complexity index is 727. The highest BCUT2D eigenvalue weighted by molar-refractivity contribution is 5.95. The number of amides is 1. The number of rotatable bonds is 6. The summed E-state index contributed by atoms with van der Waals surface area (Å²) in [4.78, 5) is 12.4. The predicted molar refractivity (Wildman–Crippen MR) is 94.2 cm³/mol. The van der Waals surface area contributed by atoms with Gasteiger partial charge in [0.1, 0.15) is 5.75 Å². The molecule has 2 aromatic carbocycles. The van der Waals surface area contributed by atoms with Gasteiger partial charge in [-0.3, -0.25) is 4.79 Å². The summed E-state index contributed by atoms with van der Waals surface area (Å²) in [5.41, 5.74) is 2.62. The standard InChI is InChI=1S/C19H23NO4/c1-12-7-6-8-15(9-12)24-14(3)19(21)20-16-11-18(23-5)17(22-4)10-13(16)2/h6-11,14H,1-5H3,(H,20,21). The van der Waals surface area contributed by atoms with Gasteiger partial charge in [0.15, 0.2) is 17.6 Å². The first-order chi connectivity index (χ1) is 11.4. The van der Waals surface area contributed by atoms with E-state index in [1.165, 1.54) is 0 Å². The normalized spacial score (nSPS) is 11.5. The molecule has 0 radical (unpaired) electrons. The van der Waals surface area contributed by atoms with Crippen molar-refractivity contribution >= 4 is 11.6 Å². The average Bonchev–Trinajstić information content (AvgIpc) is 2.56. The van der Waals surface area contributed by atoms with E-state index in [2.05, 4.69) is 5.32 Å². The first-order valence-corrected chi connectivity index (χ1v) is 7.71. The molecule has 0 saturated carbocycles. The molecule has 1 atom stereocenters. The van der Waals surface area contributed by atoms with Crippen molar-refractivity contribution < 1.29 is 19.0 Å². The molecule has 0 aliphatic rings. The van der Waals surface area contributed by atoms with Gasteiger partial charge in [-0.15, -0.1) is 0 Å². The van der Waals surface area contributed by atoms with Crippen molar-refractivity contribution in [3.05, 3.63) is 47.5 Å². The molecule has 0 fully saturated rings. The van der Waals surface area contributed by atoms with Crippen LogP contribution >= 0.6 is 0 Å². The Hall–Kier alpha value is -2.69. The van der Waals surface area contributed by atoms with E-state index in [9.17, 15) is 4.79 Å². The van der Waals surface area contributed by atoms with Gasteiger partial charge in [0.2, 0.25) is 0 Å². The van der Waals surface area contributed by atoms with E-state index in [4.69, 9.17) is 14.2 Å². The van der Waals surface area contributed by atoms with Crippen molar-refractivity contribution in [2.45, 2.75) is 26.9 Å². The molecule has 1 amide bonds. The van der Waals surface area contributed by atoms with Crippen molar-refractivity contribution in [3.63, 3.8) is 0 Å². The molecule has 24 heavy (non-hydrogen) atoms. The molecule has 0 aliphatic carbocycles. The quantitative estimate of drug-likeness (QED) is 0.877. The lowest BCUT2D eigenvalue weighted by molar-refractivity contribution is -0.122. The van der Waals surface area contributed by atoms with Crippen LogP contribution in [0, 0.1) is 13.8 Å².